The number of fused-ring (bicyclic) bond motifs is 1. The molecule has 0 saturated heterocycles. The van der Waals surface area contributed by atoms with Gasteiger partial charge in [0.25, 0.3) is 10.0 Å². The average Bonchev–Trinajstić information content (AvgIpc) is 3.30. The van der Waals surface area contributed by atoms with E-state index in [1.807, 2.05) is 42.5 Å². The third-order valence-corrected chi connectivity index (χ3v) is 7.79. The summed E-state index contributed by atoms with van der Waals surface area (Å²) in [6.45, 7) is 0. The molecular weight excluding hydrogens is 506 g/mol. The third kappa shape index (κ3) is 4.93. The first-order valence-electron chi connectivity index (χ1n) is 10.4. The fourth-order valence-electron chi connectivity index (χ4n) is 3.35. The van der Waals surface area contributed by atoms with Crippen molar-refractivity contribution in [3.8, 4) is 28.0 Å². The zero-order chi connectivity index (χ0) is 24.4. The quantitative estimate of drug-likeness (QED) is 0.258. The van der Waals surface area contributed by atoms with E-state index in [0.717, 1.165) is 20.8 Å². The first-order valence-corrected chi connectivity index (χ1v) is 13.1. The molecule has 0 bridgehead atoms. The number of ether oxygens (including phenoxy) is 2. The van der Waals surface area contributed by atoms with Gasteiger partial charge < -0.3 is 9.47 Å². The maximum Gasteiger partial charge on any atom is 0.261 e. The van der Waals surface area contributed by atoms with Crippen LogP contribution in [0, 0.1) is 0 Å². The predicted molar refractivity (Wildman–Crippen MR) is 138 cm³/mol. The molecule has 0 aliphatic heterocycles. The fraction of sp³-hybridized carbons (Fsp3) is 0.0400. The number of methoxy groups -OCH3 is 1. The summed E-state index contributed by atoms with van der Waals surface area (Å²) >= 11 is 7.96. The monoisotopic (exact) mass is 523 g/mol. The van der Waals surface area contributed by atoms with E-state index in [1.165, 1.54) is 31.5 Å². The van der Waals surface area contributed by atoms with Crippen LogP contribution >= 0.6 is 22.9 Å². The number of hydrogen-bond acceptors (Lipinski definition) is 7. The van der Waals surface area contributed by atoms with Crippen molar-refractivity contribution in [1.82, 2.24) is 9.97 Å². The molecule has 2 aromatic heterocycles. The van der Waals surface area contributed by atoms with E-state index in [9.17, 15) is 8.42 Å². The van der Waals surface area contributed by atoms with Crippen LogP contribution in [0.5, 0.6) is 17.4 Å². The molecule has 0 atom stereocenters. The van der Waals surface area contributed by atoms with Gasteiger partial charge in [-0.3, -0.25) is 4.72 Å². The van der Waals surface area contributed by atoms with E-state index in [1.54, 1.807) is 29.5 Å². The summed E-state index contributed by atoms with van der Waals surface area (Å²) in [4.78, 5) is 9.02. The minimum absolute atomic E-state index is 0.0829. The molecule has 5 aromatic rings. The maximum absolute atomic E-state index is 12.7. The number of pyridine rings is 1. The van der Waals surface area contributed by atoms with E-state index in [2.05, 4.69) is 9.71 Å². The molecule has 0 amide bonds. The van der Waals surface area contributed by atoms with Crippen LogP contribution in [-0.2, 0) is 10.0 Å². The van der Waals surface area contributed by atoms with E-state index >= 15 is 0 Å². The summed E-state index contributed by atoms with van der Waals surface area (Å²) in [7, 11) is -2.32. The number of rotatable bonds is 7. The topological polar surface area (TPSA) is 90.4 Å². The van der Waals surface area contributed by atoms with Gasteiger partial charge in [0.05, 0.1) is 39.7 Å². The number of sulfonamides is 1. The zero-order valence-corrected chi connectivity index (χ0v) is 20.7. The van der Waals surface area contributed by atoms with Gasteiger partial charge in [0.15, 0.2) is 0 Å². The van der Waals surface area contributed by atoms with Crippen LogP contribution in [0.15, 0.2) is 90.0 Å². The second-order valence-corrected chi connectivity index (χ2v) is 10.5. The highest BCUT2D eigenvalue weighted by Gasteiger charge is 2.17. The average molecular weight is 524 g/mol. The molecule has 0 unspecified atom stereocenters. The second kappa shape index (κ2) is 9.53. The van der Waals surface area contributed by atoms with Crippen molar-refractivity contribution >= 4 is 48.9 Å². The van der Waals surface area contributed by atoms with Gasteiger partial charge in [-0.25, -0.2) is 18.4 Å². The van der Waals surface area contributed by atoms with E-state index in [4.69, 9.17) is 26.1 Å². The van der Waals surface area contributed by atoms with Gasteiger partial charge in [0.1, 0.15) is 21.5 Å². The summed E-state index contributed by atoms with van der Waals surface area (Å²) in [6, 6.07) is 22.9. The molecule has 0 saturated carbocycles. The number of benzene rings is 3. The highest BCUT2D eigenvalue weighted by atomic mass is 35.5. The highest BCUT2D eigenvalue weighted by molar-refractivity contribution is 7.92. The zero-order valence-electron chi connectivity index (χ0n) is 18.3. The number of para-hydroxylation sites is 2. The van der Waals surface area contributed by atoms with Gasteiger partial charge in [-0.05, 0) is 54.6 Å². The SMILES string of the molecule is COc1ccc(S(=O)(=O)Nc2cnc(Oc3ccccc3-c3nc4ccccc4s3)c(Cl)c2)cc1. The predicted octanol–water partition coefficient (Wildman–Crippen LogP) is 6.61. The number of aromatic nitrogens is 2. The van der Waals surface area contributed by atoms with Crippen LogP contribution in [0.4, 0.5) is 5.69 Å². The van der Waals surface area contributed by atoms with Crippen molar-refractivity contribution in [3.63, 3.8) is 0 Å². The Kier molecular flexibility index (Phi) is 6.29. The lowest BCUT2D eigenvalue weighted by molar-refractivity contribution is 0.414. The maximum atomic E-state index is 12.7. The summed E-state index contributed by atoms with van der Waals surface area (Å²) in [5.41, 5.74) is 1.92. The van der Waals surface area contributed by atoms with Gasteiger partial charge in [0, 0.05) is 0 Å². The summed E-state index contributed by atoms with van der Waals surface area (Å²) < 4.78 is 40.0. The van der Waals surface area contributed by atoms with Crippen molar-refractivity contribution < 1.29 is 17.9 Å². The number of hydrogen-bond donors (Lipinski definition) is 1. The Hall–Kier alpha value is -3.66. The Morgan fingerprint density at radius 2 is 1.71 bits per heavy atom. The Morgan fingerprint density at radius 1 is 0.971 bits per heavy atom. The van der Waals surface area contributed by atoms with Crippen molar-refractivity contribution in [1.29, 1.82) is 0 Å². The smallest absolute Gasteiger partial charge is 0.261 e. The normalized spacial score (nSPS) is 11.4. The molecule has 3 aromatic carbocycles. The molecule has 176 valence electrons. The highest BCUT2D eigenvalue weighted by Crippen LogP contribution is 2.39. The number of nitrogens with zero attached hydrogens (tertiary/aromatic N) is 2. The van der Waals surface area contributed by atoms with Gasteiger partial charge in [-0.2, -0.15) is 0 Å². The second-order valence-electron chi connectivity index (χ2n) is 7.38. The molecule has 0 fully saturated rings. The van der Waals surface area contributed by atoms with E-state index in [-0.39, 0.29) is 21.5 Å². The molecule has 0 spiro atoms. The van der Waals surface area contributed by atoms with Crippen LogP contribution in [0.2, 0.25) is 5.02 Å². The number of halogens is 1. The van der Waals surface area contributed by atoms with Crippen LogP contribution in [0.1, 0.15) is 0 Å². The molecule has 1 N–H and O–H groups in total. The van der Waals surface area contributed by atoms with Crippen LogP contribution in [0.3, 0.4) is 0 Å². The minimum Gasteiger partial charge on any atom is -0.497 e. The molecule has 35 heavy (non-hydrogen) atoms. The minimum atomic E-state index is -3.83. The molecule has 0 aliphatic rings. The summed E-state index contributed by atoms with van der Waals surface area (Å²) in [6.07, 6.45) is 1.35. The third-order valence-electron chi connectivity index (χ3n) is 5.05. The Bertz CT molecular complexity index is 1590. The molecule has 5 rings (SSSR count). The standard InChI is InChI=1S/C25H18ClN3O4S2/c1-32-17-10-12-18(13-11-17)35(30,31)29-16-14-20(26)24(27-15-16)33-22-8-4-2-6-19(22)25-28-21-7-3-5-9-23(21)34-25/h2-15,29H,1H3. The number of anilines is 1. The molecule has 7 nitrogen and oxygen atoms in total. The summed E-state index contributed by atoms with van der Waals surface area (Å²) in [5.74, 6) is 1.24. The van der Waals surface area contributed by atoms with Crippen LogP contribution in [0.25, 0.3) is 20.8 Å². The fourth-order valence-corrected chi connectivity index (χ4v) is 5.58. The van der Waals surface area contributed by atoms with Crippen molar-refractivity contribution in [2.75, 3.05) is 11.8 Å². The van der Waals surface area contributed by atoms with E-state index < -0.39 is 10.0 Å². The molecule has 10 heteroatoms. The molecular formula is C25H18ClN3O4S2. The van der Waals surface area contributed by atoms with Gasteiger partial charge >= 0.3 is 0 Å². The van der Waals surface area contributed by atoms with Crippen LogP contribution in [-0.4, -0.2) is 25.5 Å². The Morgan fingerprint density at radius 3 is 2.46 bits per heavy atom. The molecule has 2 heterocycles. The Balaban J connectivity index is 1.39. The van der Waals surface area contributed by atoms with Gasteiger partial charge in [-0.15, -0.1) is 11.3 Å². The number of nitrogens with one attached hydrogen (secondary N) is 1. The lowest BCUT2D eigenvalue weighted by atomic mass is 10.2. The van der Waals surface area contributed by atoms with Crippen molar-refractivity contribution in [3.05, 3.63) is 90.1 Å². The van der Waals surface area contributed by atoms with Crippen molar-refractivity contribution in [2.45, 2.75) is 4.90 Å². The molecule has 0 aliphatic carbocycles. The first-order chi connectivity index (χ1) is 16.9. The van der Waals surface area contributed by atoms with E-state index in [0.29, 0.717) is 11.5 Å². The Labute approximate surface area is 211 Å². The molecule has 0 radical (unpaired) electrons. The van der Waals surface area contributed by atoms with Gasteiger partial charge in [0.2, 0.25) is 5.88 Å². The van der Waals surface area contributed by atoms with Crippen LogP contribution < -0.4 is 14.2 Å². The lowest BCUT2D eigenvalue weighted by Crippen LogP contribution is -2.13. The largest absolute Gasteiger partial charge is 0.497 e. The number of thiazole rings is 1. The van der Waals surface area contributed by atoms with Crippen molar-refractivity contribution in [2.24, 2.45) is 0 Å². The van der Waals surface area contributed by atoms with Gasteiger partial charge in [-0.1, -0.05) is 35.9 Å². The lowest BCUT2D eigenvalue weighted by Gasteiger charge is -2.12. The first kappa shape index (κ1) is 23.1. The summed E-state index contributed by atoms with van der Waals surface area (Å²) in [5, 5.41) is 0.959.